The number of carbonyl (C=O) groups excluding carboxylic acids is 1. The van der Waals surface area contributed by atoms with Crippen LogP contribution in [0.15, 0.2) is 30.3 Å². The SMILES string of the molecule is CC[C@@H](C(=O)NC1CCCCCC1)N(c1ccccc1)S(C)(=O)=O. The molecular formula is C18H28N2O3S. The number of benzene rings is 1. The predicted molar refractivity (Wildman–Crippen MR) is 97.5 cm³/mol. The summed E-state index contributed by atoms with van der Waals surface area (Å²) < 4.78 is 25.9. The second-order valence-electron chi connectivity index (χ2n) is 6.52. The molecule has 0 aliphatic heterocycles. The Kier molecular flexibility index (Phi) is 6.66. The van der Waals surface area contributed by atoms with Gasteiger partial charge >= 0.3 is 0 Å². The van der Waals surface area contributed by atoms with Crippen molar-refractivity contribution in [3.8, 4) is 0 Å². The molecule has 1 aromatic rings. The molecule has 0 bridgehead atoms. The van der Waals surface area contributed by atoms with E-state index in [2.05, 4.69) is 5.32 Å². The second-order valence-corrected chi connectivity index (χ2v) is 8.37. The molecule has 1 fully saturated rings. The van der Waals surface area contributed by atoms with Crippen molar-refractivity contribution in [2.24, 2.45) is 0 Å². The summed E-state index contributed by atoms with van der Waals surface area (Å²) >= 11 is 0. The van der Waals surface area contributed by atoms with Gasteiger partial charge in [0.2, 0.25) is 15.9 Å². The van der Waals surface area contributed by atoms with Crippen LogP contribution in [-0.4, -0.2) is 32.7 Å². The molecule has 0 aromatic heterocycles. The summed E-state index contributed by atoms with van der Waals surface area (Å²) in [5.41, 5.74) is 0.530. The molecule has 0 spiro atoms. The summed E-state index contributed by atoms with van der Waals surface area (Å²) in [7, 11) is -3.55. The molecule has 1 aromatic carbocycles. The first kappa shape index (κ1) is 18.8. The zero-order valence-corrected chi connectivity index (χ0v) is 15.4. The molecule has 2 rings (SSSR count). The van der Waals surface area contributed by atoms with Crippen molar-refractivity contribution in [1.29, 1.82) is 0 Å². The Hall–Kier alpha value is -1.56. The minimum atomic E-state index is -3.55. The molecule has 0 radical (unpaired) electrons. The summed E-state index contributed by atoms with van der Waals surface area (Å²) in [6.07, 6.45) is 8.21. The van der Waals surface area contributed by atoms with E-state index in [1.165, 1.54) is 17.1 Å². The highest BCUT2D eigenvalue weighted by molar-refractivity contribution is 7.92. The van der Waals surface area contributed by atoms with Crippen molar-refractivity contribution in [3.05, 3.63) is 30.3 Å². The normalized spacial score (nSPS) is 17.8. The standard InChI is InChI=1S/C18H28N2O3S/c1-3-17(18(21)19-15-11-7-4-5-8-12-15)20(24(2,22)23)16-13-9-6-10-14-16/h6,9-10,13-15,17H,3-5,7-8,11-12H2,1-2H3,(H,19,21)/t17-/m0/s1. The molecule has 0 heterocycles. The van der Waals surface area contributed by atoms with Gasteiger partial charge in [0.1, 0.15) is 6.04 Å². The van der Waals surface area contributed by atoms with Crippen molar-refractivity contribution < 1.29 is 13.2 Å². The number of anilines is 1. The highest BCUT2D eigenvalue weighted by atomic mass is 32.2. The number of hydrogen-bond donors (Lipinski definition) is 1. The van der Waals surface area contributed by atoms with Crippen LogP contribution >= 0.6 is 0 Å². The number of nitrogens with zero attached hydrogens (tertiary/aromatic N) is 1. The molecule has 0 saturated heterocycles. The van der Waals surface area contributed by atoms with Crippen molar-refractivity contribution in [3.63, 3.8) is 0 Å². The Bertz CT molecular complexity index is 623. The van der Waals surface area contributed by atoms with Gasteiger partial charge in [0.25, 0.3) is 0 Å². The lowest BCUT2D eigenvalue weighted by atomic mass is 10.1. The zero-order chi connectivity index (χ0) is 17.6. The van der Waals surface area contributed by atoms with Crippen molar-refractivity contribution in [2.45, 2.75) is 64.0 Å². The second kappa shape index (κ2) is 8.51. The number of nitrogens with one attached hydrogen (secondary N) is 1. The van der Waals surface area contributed by atoms with Crippen LogP contribution in [0.4, 0.5) is 5.69 Å². The third kappa shape index (κ3) is 4.97. The topological polar surface area (TPSA) is 66.5 Å². The van der Waals surface area contributed by atoms with Crippen LogP contribution in [0.2, 0.25) is 0 Å². The van der Waals surface area contributed by atoms with Crippen molar-refractivity contribution >= 4 is 21.6 Å². The molecule has 1 N–H and O–H groups in total. The van der Waals surface area contributed by atoms with Gasteiger partial charge in [-0.25, -0.2) is 8.42 Å². The smallest absolute Gasteiger partial charge is 0.244 e. The highest BCUT2D eigenvalue weighted by Crippen LogP contribution is 2.23. The summed E-state index contributed by atoms with van der Waals surface area (Å²) in [5.74, 6) is -0.196. The fourth-order valence-corrected chi connectivity index (χ4v) is 4.57. The van der Waals surface area contributed by atoms with Crippen LogP contribution in [0.25, 0.3) is 0 Å². The fraction of sp³-hybridized carbons (Fsp3) is 0.611. The summed E-state index contributed by atoms with van der Waals surface area (Å²) in [5, 5.41) is 3.09. The van der Waals surface area contributed by atoms with E-state index < -0.39 is 16.1 Å². The van der Waals surface area contributed by atoms with Gasteiger partial charge < -0.3 is 5.32 Å². The monoisotopic (exact) mass is 352 g/mol. The van der Waals surface area contributed by atoms with E-state index in [0.29, 0.717) is 12.1 Å². The minimum Gasteiger partial charge on any atom is -0.352 e. The van der Waals surface area contributed by atoms with E-state index in [1.54, 1.807) is 24.3 Å². The molecule has 134 valence electrons. The van der Waals surface area contributed by atoms with E-state index in [9.17, 15) is 13.2 Å². The van der Waals surface area contributed by atoms with Crippen LogP contribution in [0.1, 0.15) is 51.9 Å². The molecule has 1 aliphatic carbocycles. The van der Waals surface area contributed by atoms with Gasteiger partial charge in [-0.2, -0.15) is 0 Å². The molecule has 1 atom stereocenters. The number of sulfonamides is 1. The average Bonchev–Trinajstić information content (AvgIpc) is 2.80. The largest absolute Gasteiger partial charge is 0.352 e. The first-order valence-corrected chi connectivity index (χ1v) is 10.6. The Morgan fingerprint density at radius 1 is 1.17 bits per heavy atom. The zero-order valence-electron chi connectivity index (χ0n) is 14.6. The number of hydrogen-bond acceptors (Lipinski definition) is 3. The Balaban J connectivity index is 2.20. The van der Waals surface area contributed by atoms with E-state index in [0.717, 1.165) is 31.9 Å². The van der Waals surface area contributed by atoms with Gasteiger partial charge in [0.05, 0.1) is 11.9 Å². The minimum absolute atomic E-state index is 0.159. The lowest BCUT2D eigenvalue weighted by Crippen LogP contribution is -2.51. The average molecular weight is 353 g/mol. The maximum Gasteiger partial charge on any atom is 0.244 e. The fourth-order valence-electron chi connectivity index (χ4n) is 3.36. The van der Waals surface area contributed by atoms with E-state index in [4.69, 9.17) is 0 Å². The van der Waals surface area contributed by atoms with Crippen LogP contribution in [0, 0.1) is 0 Å². The van der Waals surface area contributed by atoms with Gasteiger partial charge in [-0.1, -0.05) is 50.8 Å². The van der Waals surface area contributed by atoms with Crippen LogP contribution in [0.5, 0.6) is 0 Å². The lowest BCUT2D eigenvalue weighted by Gasteiger charge is -2.31. The van der Waals surface area contributed by atoms with E-state index >= 15 is 0 Å². The molecule has 6 heteroatoms. The maximum atomic E-state index is 12.8. The van der Waals surface area contributed by atoms with Crippen LogP contribution in [0.3, 0.4) is 0 Å². The van der Waals surface area contributed by atoms with Gasteiger partial charge in [-0.3, -0.25) is 9.10 Å². The van der Waals surface area contributed by atoms with Gasteiger partial charge in [-0.15, -0.1) is 0 Å². The molecule has 1 saturated carbocycles. The van der Waals surface area contributed by atoms with Crippen LogP contribution < -0.4 is 9.62 Å². The summed E-state index contributed by atoms with van der Waals surface area (Å²) in [6.45, 7) is 1.85. The Labute approximate surface area is 145 Å². The first-order valence-electron chi connectivity index (χ1n) is 8.78. The van der Waals surface area contributed by atoms with Crippen molar-refractivity contribution in [2.75, 3.05) is 10.6 Å². The molecule has 1 amide bonds. The van der Waals surface area contributed by atoms with E-state index in [1.807, 2.05) is 13.0 Å². The van der Waals surface area contributed by atoms with Gasteiger partial charge in [0, 0.05) is 6.04 Å². The number of carbonyl (C=O) groups is 1. The number of rotatable bonds is 6. The van der Waals surface area contributed by atoms with Crippen molar-refractivity contribution in [1.82, 2.24) is 5.32 Å². The number of amides is 1. The molecule has 0 unspecified atom stereocenters. The third-order valence-corrected chi connectivity index (χ3v) is 5.72. The van der Waals surface area contributed by atoms with Gasteiger partial charge in [0.15, 0.2) is 0 Å². The summed E-state index contributed by atoms with van der Waals surface area (Å²) in [6, 6.07) is 8.28. The quantitative estimate of drug-likeness (QED) is 0.800. The van der Waals surface area contributed by atoms with Gasteiger partial charge in [-0.05, 0) is 31.4 Å². The Morgan fingerprint density at radius 3 is 2.25 bits per heavy atom. The highest BCUT2D eigenvalue weighted by Gasteiger charge is 2.32. The molecular weight excluding hydrogens is 324 g/mol. The maximum absolute atomic E-state index is 12.8. The third-order valence-electron chi connectivity index (χ3n) is 4.54. The van der Waals surface area contributed by atoms with E-state index in [-0.39, 0.29) is 11.9 Å². The lowest BCUT2D eigenvalue weighted by molar-refractivity contribution is -0.123. The Morgan fingerprint density at radius 2 is 1.75 bits per heavy atom. The predicted octanol–water partition coefficient (Wildman–Crippen LogP) is 3.07. The number of para-hydroxylation sites is 1. The molecule has 1 aliphatic rings. The summed E-state index contributed by atoms with van der Waals surface area (Å²) in [4.78, 5) is 12.8. The molecule has 24 heavy (non-hydrogen) atoms. The van der Waals surface area contributed by atoms with Crippen LogP contribution in [-0.2, 0) is 14.8 Å². The first-order chi connectivity index (χ1) is 11.4. The molecule has 5 nitrogen and oxygen atoms in total.